The first kappa shape index (κ1) is 35.5. The van der Waals surface area contributed by atoms with Crippen LogP contribution in [0.5, 0.6) is 17.2 Å². The molecular formula is C29H23N9NaO8S. The zero-order valence-electron chi connectivity index (χ0n) is 25.0. The van der Waals surface area contributed by atoms with E-state index < -0.39 is 44.2 Å². The summed E-state index contributed by atoms with van der Waals surface area (Å²) in [5, 5.41) is 60.4. The molecule has 6 N–H and O–H groups in total. The van der Waals surface area contributed by atoms with Gasteiger partial charge in [-0.05, 0) is 73.7 Å². The Kier molecular flexibility index (Phi) is 11.1. The fraction of sp³-hybridized carbons (Fsp3) is 0.0690. The quantitative estimate of drug-likeness (QED) is 0.0722. The Bertz CT molecular complexity index is 2100. The van der Waals surface area contributed by atoms with Gasteiger partial charge in [0.2, 0.25) is 0 Å². The molecule has 1 radical (unpaired) electrons. The van der Waals surface area contributed by atoms with Crippen LogP contribution in [0.25, 0.3) is 0 Å². The van der Waals surface area contributed by atoms with Crippen LogP contribution in [-0.4, -0.2) is 81.4 Å². The van der Waals surface area contributed by atoms with Crippen molar-refractivity contribution in [3.8, 4) is 17.2 Å². The third kappa shape index (κ3) is 8.69. The molecule has 0 saturated carbocycles. The number of hydrogen-bond donors (Lipinski definition) is 6. The number of phenolic OH excluding ortho intramolecular Hbond substituents is 3. The molecule has 1 unspecified atom stereocenters. The summed E-state index contributed by atoms with van der Waals surface area (Å²) < 4.78 is 32.0. The van der Waals surface area contributed by atoms with Crippen molar-refractivity contribution in [2.75, 3.05) is 5.32 Å². The van der Waals surface area contributed by atoms with Crippen LogP contribution in [0.2, 0.25) is 0 Å². The second kappa shape index (κ2) is 15.0. The van der Waals surface area contributed by atoms with Gasteiger partial charge in [0.1, 0.15) is 34.3 Å². The van der Waals surface area contributed by atoms with Crippen molar-refractivity contribution in [2.45, 2.75) is 17.9 Å². The third-order valence-corrected chi connectivity index (χ3v) is 7.23. The van der Waals surface area contributed by atoms with E-state index in [2.05, 4.69) is 46.5 Å². The van der Waals surface area contributed by atoms with E-state index in [1.165, 1.54) is 24.3 Å². The molecule has 0 bridgehead atoms. The maximum absolute atomic E-state index is 12.7. The molecule has 0 aliphatic carbocycles. The number of hydrogen-bond acceptors (Lipinski definition) is 14. The minimum atomic E-state index is -4.57. The molecule has 48 heavy (non-hydrogen) atoms. The number of azo groups is 3. The van der Waals surface area contributed by atoms with Crippen LogP contribution in [0.15, 0.2) is 120 Å². The predicted octanol–water partition coefficient (Wildman–Crippen LogP) is 5.71. The van der Waals surface area contributed by atoms with Crippen molar-refractivity contribution in [1.82, 2.24) is 5.43 Å². The van der Waals surface area contributed by atoms with Crippen LogP contribution in [0.1, 0.15) is 17.3 Å². The molecule has 2 amide bonds. The summed E-state index contributed by atoms with van der Waals surface area (Å²) in [6.45, 7) is 1.66. The van der Waals surface area contributed by atoms with Gasteiger partial charge in [-0.2, -0.15) is 28.9 Å². The molecule has 239 valence electrons. The van der Waals surface area contributed by atoms with Crippen LogP contribution >= 0.6 is 0 Å². The minimum Gasteiger partial charge on any atom is -0.506 e. The van der Waals surface area contributed by atoms with Gasteiger partial charge in [0.15, 0.2) is 6.04 Å². The predicted molar refractivity (Wildman–Crippen MR) is 172 cm³/mol. The third-order valence-electron chi connectivity index (χ3n) is 6.39. The SMILES string of the molecule is CC1=NNC(=O)C1N=Nc1ccc(NC(=O)c2ccc(N=Nc3cc(N=Nc4cc(S(=O)(=O)O)ccc4O)c(O)cc3O)cc2)cc1.[Na]. The van der Waals surface area contributed by atoms with E-state index in [-0.39, 0.29) is 52.5 Å². The summed E-state index contributed by atoms with van der Waals surface area (Å²) in [5.41, 5.74) is 3.79. The Morgan fingerprint density at radius 2 is 1.33 bits per heavy atom. The fourth-order valence-corrected chi connectivity index (χ4v) is 4.39. The van der Waals surface area contributed by atoms with E-state index in [0.717, 1.165) is 30.3 Å². The van der Waals surface area contributed by atoms with Crippen LogP contribution in [-0.2, 0) is 14.9 Å². The molecule has 1 aliphatic heterocycles. The fourth-order valence-electron chi connectivity index (χ4n) is 3.89. The summed E-state index contributed by atoms with van der Waals surface area (Å²) in [4.78, 5) is 23.9. The molecule has 17 nitrogen and oxygen atoms in total. The maximum Gasteiger partial charge on any atom is 0.294 e. The Balaban J connectivity index is 0.00000520. The van der Waals surface area contributed by atoms with Gasteiger partial charge >= 0.3 is 0 Å². The summed E-state index contributed by atoms with van der Waals surface area (Å²) in [5.74, 6) is -2.17. The molecule has 4 aromatic rings. The minimum absolute atomic E-state index is 0. The van der Waals surface area contributed by atoms with Gasteiger partial charge in [0.25, 0.3) is 21.9 Å². The van der Waals surface area contributed by atoms with Gasteiger partial charge in [-0.25, -0.2) is 5.43 Å². The Morgan fingerprint density at radius 3 is 1.92 bits per heavy atom. The van der Waals surface area contributed by atoms with E-state index in [1.807, 2.05) is 0 Å². The van der Waals surface area contributed by atoms with Crippen LogP contribution < -0.4 is 10.7 Å². The monoisotopic (exact) mass is 680 g/mol. The zero-order chi connectivity index (χ0) is 33.7. The molecule has 1 heterocycles. The first-order valence-corrected chi connectivity index (χ1v) is 14.8. The molecule has 1 aliphatic rings. The Labute approximate surface area is 293 Å². The molecule has 5 rings (SSSR count). The number of nitrogens with one attached hydrogen (secondary N) is 2. The van der Waals surface area contributed by atoms with E-state index >= 15 is 0 Å². The average Bonchev–Trinajstić information content (AvgIpc) is 3.36. The van der Waals surface area contributed by atoms with Crippen molar-refractivity contribution in [3.63, 3.8) is 0 Å². The van der Waals surface area contributed by atoms with Crippen molar-refractivity contribution >= 4 is 91.3 Å². The van der Waals surface area contributed by atoms with E-state index in [0.29, 0.717) is 28.3 Å². The molecule has 0 aromatic heterocycles. The second-order valence-electron chi connectivity index (χ2n) is 9.75. The number of amides is 2. The largest absolute Gasteiger partial charge is 0.506 e. The number of anilines is 1. The number of rotatable bonds is 9. The summed E-state index contributed by atoms with van der Waals surface area (Å²) in [7, 11) is -4.57. The van der Waals surface area contributed by atoms with Crippen LogP contribution in [0.3, 0.4) is 0 Å². The van der Waals surface area contributed by atoms with E-state index in [4.69, 9.17) is 0 Å². The number of benzene rings is 4. The average molecular weight is 681 g/mol. The van der Waals surface area contributed by atoms with Gasteiger partial charge in [-0.1, -0.05) is 0 Å². The van der Waals surface area contributed by atoms with Crippen LogP contribution in [0.4, 0.5) is 34.1 Å². The van der Waals surface area contributed by atoms with Crippen molar-refractivity contribution < 1.29 is 37.9 Å². The van der Waals surface area contributed by atoms with E-state index in [9.17, 15) is 37.9 Å². The standard InChI is InChI=1S/C29H23N9O8S.Na/c1-15-27(29(43)38-31-15)37-33-19-8-6-17(7-9-19)30-28(42)16-2-4-18(5-3-16)32-34-22-13-23(26(41)14-25(22)40)36-35-21-12-20(47(44,45)46)10-11-24(21)39;/h2-14,27,39-41H,1H3,(H,30,42)(H,38,43)(H,44,45,46);. The molecule has 0 fully saturated rings. The van der Waals surface area contributed by atoms with Gasteiger partial charge in [0, 0.05) is 52.9 Å². The first-order valence-electron chi connectivity index (χ1n) is 13.3. The maximum atomic E-state index is 12.7. The Morgan fingerprint density at radius 1 is 0.771 bits per heavy atom. The molecule has 4 aromatic carbocycles. The van der Waals surface area contributed by atoms with E-state index in [1.54, 1.807) is 31.2 Å². The summed E-state index contributed by atoms with van der Waals surface area (Å²) >= 11 is 0. The number of phenols is 3. The van der Waals surface area contributed by atoms with Crippen LogP contribution in [0, 0.1) is 0 Å². The number of aromatic hydroxyl groups is 3. The van der Waals surface area contributed by atoms with Gasteiger partial charge in [-0.3, -0.25) is 14.1 Å². The number of carbonyl (C=O) groups is 2. The topological polar surface area (TPSA) is 260 Å². The van der Waals surface area contributed by atoms with Gasteiger partial charge in [-0.15, -0.1) is 15.3 Å². The van der Waals surface area contributed by atoms with Gasteiger partial charge in [0.05, 0.1) is 22.0 Å². The number of carbonyl (C=O) groups excluding carboxylic acids is 2. The molecule has 1 atom stereocenters. The van der Waals surface area contributed by atoms with Crippen molar-refractivity contribution in [1.29, 1.82) is 0 Å². The second-order valence-corrected chi connectivity index (χ2v) is 11.2. The summed E-state index contributed by atoms with van der Waals surface area (Å²) in [6.07, 6.45) is 0. The molecule has 0 saturated heterocycles. The normalized spacial score (nSPS) is 14.7. The molecular weight excluding hydrogens is 657 g/mol. The van der Waals surface area contributed by atoms with Crippen molar-refractivity contribution in [2.24, 2.45) is 35.8 Å². The summed E-state index contributed by atoms with van der Waals surface area (Å²) in [6, 6.07) is 16.7. The first-order chi connectivity index (χ1) is 22.4. The van der Waals surface area contributed by atoms with Gasteiger partial charge < -0.3 is 20.6 Å². The molecule has 19 heteroatoms. The number of hydrazone groups is 1. The van der Waals surface area contributed by atoms with Crippen molar-refractivity contribution in [3.05, 3.63) is 84.4 Å². The smallest absolute Gasteiger partial charge is 0.294 e. The zero-order valence-corrected chi connectivity index (χ0v) is 27.9. The Hall–Kier alpha value is -5.40. The number of nitrogens with zero attached hydrogens (tertiary/aromatic N) is 7. The molecule has 0 spiro atoms.